The van der Waals surface area contributed by atoms with E-state index in [1.54, 1.807) is 11.0 Å². The second-order valence-corrected chi connectivity index (χ2v) is 12.3. The maximum absolute atomic E-state index is 13.7. The molecule has 3 rings (SSSR count). The first-order valence-corrected chi connectivity index (χ1v) is 15.6. The zero-order valence-electron chi connectivity index (χ0n) is 23.3. The van der Waals surface area contributed by atoms with Gasteiger partial charge in [-0.1, -0.05) is 68.7 Å². The summed E-state index contributed by atoms with van der Waals surface area (Å²) >= 11 is 0. The van der Waals surface area contributed by atoms with E-state index in [4.69, 9.17) is 0 Å². The number of rotatable bonds is 12. The van der Waals surface area contributed by atoms with E-state index in [1.165, 1.54) is 17.0 Å². The quantitative estimate of drug-likeness (QED) is 0.405. The number of anilines is 1. The summed E-state index contributed by atoms with van der Waals surface area (Å²) in [6.07, 6.45) is 7.60. The van der Waals surface area contributed by atoms with Crippen LogP contribution in [0.15, 0.2) is 48.5 Å². The van der Waals surface area contributed by atoms with Gasteiger partial charge in [0.25, 0.3) is 0 Å². The van der Waals surface area contributed by atoms with Crippen molar-refractivity contribution in [2.45, 2.75) is 90.8 Å². The maximum atomic E-state index is 13.7. The number of carbonyl (C=O) groups excluding carboxylic acids is 2. The van der Waals surface area contributed by atoms with Gasteiger partial charge in [0.15, 0.2) is 0 Å². The van der Waals surface area contributed by atoms with Crippen LogP contribution in [0.4, 0.5) is 5.69 Å². The van der Waals surface area contributed by atoms with Crippen molar-refractivity contribution in [3.05, 3.63) is 65.2 Å². The van der Waals surface area contributed by atoms with Crippen molar-refractivity contribution in [2.24, 2.45) is 0 Å². The largest absolute Gasteiger partial charge is 0.352 e. The highest BCUT2D eigenvalue weighted by atomic mass is 32.2. The SMILES string of the molecule is CC[C@@H](C(=O)NC1CCCCC1)N(Cc1ccccc1C)C(=O)CCCN(c1ccccc1C)S(C)(=O)=O. The van der Waals surface area contributed by atoms with Gasteiger partial charge in [-0.2, -0.15) is 0 Å². The van der Waals surface area contributed by atoms with Crippen molar-refractivity contribution < 1.29 is 18.0 Å². The molecular weight excluding hydrogens is 498 g/mol. The van der Waals surface area contributed by atoms with Crippen molar-refractivity contribution in [3.8, 4) is 0 Å². The summed E-state index contributed by atoms with van der Waals surface area (Å²) in [6, 6.07) is 14.8. The fraction of sp³-hybridized carbons (Fsp3) is 0.533. The molecule has 8 heteroatoms. The molecule has 7 nitrogen and oxygen atoms in total. The van der Waals surface area contributed by atoms with E-state index >= 15 is 0 Å². The molecule has 0 spiro atoms. The summed E-state index contributed by atoms with van der Waals surface area (Å²) in [7, 11) is -3.52. The first-order chi connectivity index (χ1) is 18.1. The highest BCUT2D eigenvalue weighted by molar-refractivity contribution is 7.92. The van der Waals surface area contributed by atoms with Crippen LogP contribution in [-0.2, 0) is 26.2 Å². The Bertz CT molecular complexity index is 1190. The highest BCUT2D eigenvalue weighted by Gasteiger charge is 2.30. The Morgan fingerprint density at radius 2 is 1.61 bits per heavy atom. The molecule has 0 bridgehead atoms. The normalized spacial score (nSPS) is 15.1. The van der Waals surface area contributed by atoms with Crippen molar-refractivity contribution in [1.29, 1.82) is 0 Å². The Labute approximate surface area is 228 Å². The number of benzene rings is 2. The second kappa shape index (κ2) is 13.8. The third kappa shape index (κ3) is 8.06. The molecule has 0 aromatic heterocycles. The Morgan fingerprint density at radius 3 is 2.21 bits per heavy atom. The number of sulfonamides is 1. The number of amides is 2. The molecule has 2 aromatic carbocycles. The van der Waals surface area contributed by atoms with Crippen LogP contribution >= 0.6 is 0 Å². The lowest BCUT2D eigenvalue weighted by Crippen LogP contribution is -2.51. The van der Waals surface area contributed by atoms with Crippen LogP contribution in [0.5, 0.6) is 0 Å². The van der Waals surface area contributed by atoms with Gasteiger partial charge in [-0.25, -0.2) is 8.42 Å². The molecule has 1 aliphatic rings. The van der Waals surface area contributed by atoms with Crippen molar-refractivity contribution in [2.75, 3.05) is 17.1 Å². The van der Waals surface area contributed by atoms with Crippen LogP contribution in [0.25, 0.3) is 0 Å². The van der Waals surface area contributed by atoms with Crippen LogP contribution in [0, 0.1) is 13.8 Å². The third-order valence-corrected chi connectivity index (χ3v) is 8.66. The molecule has 2 aromatic rings. The molecule has 1 aliphatic carbocycles. The third-order valence-electron chi connectivity index (χ3n) is 7.48. The van der Waals surface area contributed by atoms with Crippen molar-refractivity contribution in [3.63, 3.8) is 0 Å². The van der Waals surface area contributed by atoms with E-state index < -0.39 is 16.1 Å². The molecule has 208 valence electrons. The van der Waals surface area contributed by atoms with Crippen molar-refractivity contribution in [1.82, 2.24) is 10.2 Å². The van der Waals surface area contributed by atoms with Gasteiger partial charge in [-0.05, 0) is 62.3 Å². The molecule has 0 heterocycles. The first-order valence-electron chi connectivity index (χ1n) is 13.8. The summed E-state index contributed by atoms with van der Waals surface area (Å²) in [5.74, 6) is -0.240. The monoisotopic (exact) mass is 541 g/mol. The lowest BCUT2D eigenvalue weighted by Gasteiger charge is -2.33. The van der Waals surface area contributed by atoms with Gasteiger partial charge < -0.3 is 10.2 Å². The Kier molecular flexibility index (Phi) is 10.8. The molecule has 1 fully saturated rings. The Morgan fingerprint density at radius 1 is 0.974 bits per heavy atom. The number of aryl methyl sites for hydroxylation is 2. The van der Waals surface area contributed by atoms with E-state index in [-0.39, 0.29) is 30.8 Å². The topological polar surface area (TPSA) is 86.8 Å². The van der Waals surface area contributed by atoms with Gasteiger partial charge in [0, 0.05) is 25.6 Å². The number of hydrogen-bond donors (Lipinski definition) is 1. The standard InChI is InChI=1S/C30H43N3O4S/c1-5-27(30(35)31-26-17-7-6-8-18-26)32(22-25-16-11-9-14-23(25)2)29(34)20-13-21-33(38(4,36)37)28-19-12-10-15-24(28)3/h9-12,14-16,19,26-27H,5-8,13,17-18,20-22H2,1-4H3,(H,31,35)/t27-/m0/s1. The van der Waals surface area contributed by atoms with Gasteiger partial charge >= 0.3 is 0 Å². The molecule has 1 N–H and O–H groups in total. The fourth-order valence-corrected chi connectivity index (χ4v) is 6.28. The summed E-state index contributed by atoms with van der Waals surface area (Å²) < 4.78 is 26.5. The van der Waals surface area contributed by atoms with E-state index in [1.807, 2.05) is 63.2 Å². The van der Waals surface area contributed by atoms with Crippen molar-refractivity contribution >= 4 is 27.5 Å². The number of nitrogens with one attached hydrogen (secondary N) is 1. The average Bonchev–Trinajstić information content (AvgIpc) is 2.88. The molecule has 0 radical (unpaired) electrons. The van der Waals surface area contributed by atoms with Crippen LogP contribution in [-0.4, -0.2) is 50.0 Å². The van der Waals surface area contributed by atoms with E-state index in [0.717, 1.165) is 42.4 Å². The van der Waals surface area contributed by atoms with E-state index in [0.29, 0.717) is 25.1 Å². The molecule has 1 saturated carbocycles. The minimum Gasteiger partial charge on any atom is -0.352 e. The zero-order valence-corrected chi connectivity index (χ0v) is 24.1. The Hall–Kier alpha value is -2.87. The summed E-state index contributed by atoms with van der Waals surface area (Å²) in [4.78, 5) is 28.8. The zero-order chi connectivity index (χ0) is 27.7. The number of nitrogens with zero attached hydrogens (tertiary/aromatic N) is 2. The van der Waals surface area contributed by atoms with E-state index in [2.05, 4.69) is 5.32 Å². The molecule has 2 amide bonds. The minimum atomic E-state index is -3.52. The number of carbonyl (C=O) groups is 2. The molecule has 0 aliphatic heterocycles. The molecule has 0 saturated heterocycles. The molecule has 38 heavy (non-hydrogen) atoms. The average molecular weight is 542 g/mol. The second-order valence-electron chi connectivity index (χ2n) is 10.4. The van der Waals surface area contributed by atoms with Gasteiger partial charge in [0.05, 0.1) is 11.9 Å². The lowest BCUT2D eigenvalue weighted by molar-refractivity contribution is -0.141. The molecule has 0 unspecified atom stereocenters. The predicted molar refractivity (Wildman–Crippen MR) is 153 cm³/mol. The minimum absolute atomic E-state index is 0.0981. The molecular formula is C30H43N3O4S. The Balaban J connectivity index is 1.77. The van der Waals surface area contributed by atoms with Crippen LogP contribution in [0.3, 0.4) is 0 Å². The summed E-state index contributed by atoms with van der Waals surface area (Å²) in [6.45, 7) is 6.35. The highest BCUT2D eigenvalue weighted by Crippen LogP contribution is 2.24. The van der Waals surface area contributed by atoms with Gasteiger partial charge in [0.2, 0.25) is 21.8 Å². The summed E-state index contributed by atoms with van der Waals surface area (Å²) in [5.41, 5.74) is 3.55. The number of hydrogen-bond acceptors (Lipinski definition) is 4. The number of para-hydroxylation sites is 1. The molecule has 1 atom stereocenters. The maximum Gasteiger partial charge on any atom is 0.243 e. The van der Waals surface area contributed by atoms with Crippen LogP contribution in [0.1, 0.15) is 75.0 Å². The predicted octanol–water partition coefficient (Wildman–Crippen LogP) is 5.11. The smallest absolute Gasteiger partial charge is 0.243 e. The van der Waals surface area contributed by atoms with E-state index in [9.17, 15) is 18.0 Å². The fourth-order valence-electron chi connectivity index (χ4n) is 5.26. The summed E-state index contributed by atoms with van der Waals surface area (Å²) in [5, 5.41) is 3.21. The lowest BCUT2D eigenvalue weighted by atomic mass is 9.95. The van der Waals surface area contributed by atoms with Gasteiger partial charge in [0.1, 0.15) is 6.04 Å². The van der Waals surface area contributed by atoms with Crippen LogP contribution in [0.2, 0.25) is 0 Å². The van der Waals surface area contributed by atoms with Gasteiger partial charge in [-0.15, -0.1) is 0 Å². The van der Waals surface area contributed by atoms with Crippen LogP contribution < -0.4 is 9.62 Å². The van der Waals surface area contributed by atoms with Gasteiger partial charge in [-0.3, -0.25) is 13.9 Å². The first kappa shape index (κ1) is 29.7.